The van der Waals surface area contributed by atoms with Crippen LogP contribution in [0.1, 0.15) is 52.4 Å². The number of hydrogen-bond acceptors (Lipinski definition) is 5. The Morgan fingerprint density at radius 3 is 2.70 bits per heavy atom. The molecule has 0 amide bonds. The van der Waals surface area contributed by atoms with E-state index in [1.807, 2.05) is 0 Å². The number of fused-ring (bicyclic) bond motifs is 6. The molecule has 1 saturated heterocycles. The zero-order valence-electron chi connectivity index (χ0n) is 18.1. The molecule has 1 spiro atoms. The van der Waals surface area contributed by atoms with Crippen LogP contribution in [-0.2, 0) is 13.1 Å². The lowest BCUT2D eigenvalue weighted by Gasteiger charge is -2.56. The highest BCUT2D eigenvalue weighted by molar-refractivity contribution is 8.16. The molecule has 5 rings (SSSR count). The second-order valence-electron chi connectivity index (χ2n) is 9.46. The fourth-order valence-electron chi connectivity index (χ4n) is 7.02. The van der Waals surface area contributed by atoms with Crippen molar-refractivity contribution >= 4 is 38.0 Å². The van der Waals surface area contributed by atoms with Gasteiger partial charge in [0, 0.05) is 17.3 Å². The molecule has 7 atom stereocenters. The molecule has 0 aromatic rings. The first-order valence-corrected chi connectivity index (χ1v) is 11.7. The molecule has 5 aliphatic rings. The molecule has 1 aliphatic heterocycles. The highest BCUT2D eigenvalue weighted by Crippen LogP contribution is 2.69. The van der Waals surface area contributed by atoms with E-state index in [-0.39, 0.29) is 28.6 Å². The lowest BCUT2D eigenvalue weighted by Crippen LogP contribution is -2.53. The van der Waals surface area contributed by atoms with Gasteiger partial charge in [0.05, 0.1) is 24.4 Å². The van der Waals surface area contributed by atoms with Gasteiger partial charge in [0.15, 0.2) is 0 Å². The normalized spacial score (nSPS) is 51.2. The van der Waals surface area contributed by atoms with E-state index in [1.54, 1.807) is 5.57 Å². The predicted octanol–water partition coefficient (Wildman–Crippen LogP) is 3.95. The van der Waals surface area contributed by atoms with Crippen molar-refractivity contribution in [2.24, 2.45) is 22.7 Å². The van der Waals surface area contributed by atoms with Crippen LogP contribution in [0.2, 0.25) is 0 Å². The first-order chi connectivity index (χ1) is 14.0. The van der Waals surface area contributed by atoms with Gasteiger partial charge in [-0.3, -0.25) is 0 Å². The van der Waals surface area contributed by atoms with E-state index in [9.17, 15) is 0 Å². The van der Waals surface area contributed by atoms with E-state index < -0.39 is 0 Å². The lowest BCUT2D eigenvalue weighted by molar-refractivity contribution is -0.0240. The Kier molecular flexibility index (Phi) is 4.14. The Labute approximate surface area is 176 Å². The van der Waals surface area contributed by atoms with Gasteiger partial charge in [0.1, 0.15) is 0 Å². The number of allylic oxidation sites excluding steroid dienone is 3. The third-order valence-electron chi connectivity index (χ3n) is 8.75. The second kappa shape index (κ2) is 6.60. The van der Waals surface area contributed by atoms with E-state index >= 15 is 0 Å². The van der Waals surface area contributed by atoms with Crippen LogP contribution in [0.4, 0.5) is 0 Å². The van der Waals surface area contributed by atoms with Crippen LogP contribution < -0.4 is 0 Å². The van der Waals surface area contributed by atoms with Gasteiger partial charge in [-0.25, -0.2) is 0 Å². The largest absolute Gasteiger partial charge is 0.369 e. The number of hydrogen-bond donors (Lipinski definition) is 0. The van der Waals surface area contributed by atoms with Gasteiger partial charge >= 0.3 is 0 Å². The van der Waals surface area contributed by atoms with Crippen LogP contribution in [0.5, 0.6) is 0 Å². The predicted molar refractivity (Wildman–Crippen MR) is 115 cm³/mol. The second-order valence-corrected chi connectivity index (χ2v) is 10.2. The maximum atomic E-state index is 7.44. The Balaban J connectivity index is 1.47. The minimum Gasteiger partial charge on any atom is -0.369 e. The quantitative estimate of drug-likeness (QED) is 0.379. The maximum Gasteiger partial charge on any atom is 0.209 e. The third-order valence-corrected chi connectivity index (χ3v) is 9.47. The van der Waals surface area contributed by atoms with Crippen molar-refractivity contribution in [2.75, 3.05) is 6.61 Å². The summed E-state index contributed by atoms with van der Waals surface area (Å²) in [7, 11) is 2.51. The Morgan fingerprint density at radius 2 is 1.93 bits per heavy atom. The van der Waals surface area contributed by atoms with Gasteiger partial charge < -0.3 is 13.1 Å². The summed E-state index contributed by atoms with van der Waals surface area (Å²) < 4.78 is 32.8. The summed E-state index contributed by atoms with van der Waals surface area (Å²) in [6.07, 6.45) is 11.3. The van der Waals surface area contributed by atoms with Crippen molar-refractivity contribution in [1.82, 2.24) is 0 Å². The van der Waals surface area contributed by atoms with Crippen molar-refractivity contribution in [2.45, 2.75) is 70.2 Å². The van der Waals surface area contributed by atoms with E-state index in [4.69, 9.17) is 15.8 Å². The van der Waals surface area contributed by atoms with E-state index in [0.29, 0.717) is 11.8 Å². The monoisotopic (exact) mass is 406 g/mol. The summed E-state index contributed by atoms with van der Waals surface area (Å²) in [6.45, 7) is 5.79. The lowest BCUT2D eigenvalue weighted by atomic mass is 9.49. The van der Waals surface area contributed by atoms with Crippen molar-refractivity contribution in [3.05, 3.63) is 23.3 Å². The Hall–Kier alpha value is 0.190. The van der Waals surface area contributed by atoms with Gasteiger partial charge in [0.25, 0.3) is 0 Å². The van der Waals surface area contributed by atoms with Crippen molar-refractivity contribution in [3.63, 3.8) is 0 Å². The molecule has 3 nitrogen and oxygen atoms in total. The number of epoxide rings is 1. The van der Waals surface area contributed by atoms with Crippen molar-refractivity contribution in [1.29, 1.82) is 2.67 Å². The molecule has 4 fully saturated rings. The van der Waals surface area contributed by atoms with E-state index in [1.165, 1.54) is 45.4 Å². The fraction of sp³-hybridized carbons (Fsp3) is 0.800. The summed E-state index contributed by atoms with van der Waals surface area (Å²) in [5.74, 6) is 1.10. The average molecular weight is 406 g/mol. The number of rotatable bonds is 6. The molecule has 7 heteroatoms. The van der Waals surface area contributed by atoms with Crippen LogP contribution >= 0.6 is 23.8 Å². The van der Waals surface area contributed by atoms with Crippen molar-refractivity contribution in [3.8, 4) is 0 Å². The summed E-state index contributed by atoms with van der Waals surface area (Å²) in [6, 6.07) is 0. The minimum absolute atomic E-state index is 0.00368. The molecule has 4 aliphatic carbocycles. The minimum atomic E-state index is -0.0587. The van der Waals surface area contributed by atoms with Crippen LogP contribution in [0.3, 0.4) is 0 Å². The molecule has 0 aromatic carbocycles. The summed E-state index contributed by atoms with van der Waals surface area (Å²) in [5.41, 5.74) is 3.38. The van der Waals surface area contributed by atoms with Crippen LogP contribution in [0.15, 0.2) is 23.3 Å². The molecule has 1 heterocycles. The van der Waals surface area contributed by atoms with Crippen LogP contribution in [0, 0.1) is 22.7 Å². The summed E-state index contributed by atoms with van der Waals surface area (Å²) in [4.78, 5) is 0. The topological polar surface area (TPSA) is 31.0 Å². The zero-order valence-corrected chi connectivity index (χ0v) is 17.7. The van der Waals surface area contributed by atoms with Gasteiger partial charge in [0.2, 0.25) is 14.2 Å². The molecule has 0 N–H and O–H groups in total. The zero-order chi connectivity index (χ0) is 20.3. The first kappa shape index (κ1) is 16.9. The van der Waals surface area contributed by atoms with Crippen LogP contribution in [-0.4, -0.2) is 41.3 Å². The van der Waals surface area contributed by atoms with Gasteiger partial charge in [-0.2, -0.15) is 0 Å². The molecule has 144 valence electrons. The highest BCUT2D eigenvalue weighted by atomic mass is 32.2. The molecule has 2 unspecified atom stereocenters. The molecular formula is C20H28B2O3S2. The molecule has 3 saturated carbocycles. The highest BCUT2D eigenvalue weighted by Gasteiger charge is 2.69. The van der Waals surface area contributed by atoms with Gasteiger partial charge in [-0.1, -0.05) is 60.9 Å². The van der Waals surface area contributed by atoms with Gasteiger partial charge in [-0.15, -0.1) is 0 Å². The maximum absolute atomic E-state index is 7.44. The van der Waals surface area contributed by atoms with Gasteiger partial charge in [-0.05, 0) is 46.6 Å². The smallest absolute Gasteiger partial charge is 0.209 e. The molecular weight excluding hydrogens is 374 g/mol. The Bertz CT molecular complexity index is 735. The Morgan fingerprint density at radius 1 is 1.15 bits per heavy atom. The SMILES string of the molecule is [3H][B]SO[C@@H]1CC2=CC=C3C(CC[C@@]4(C)C3CC[C@@]43CO3)[C@@]2(C)[C@@H](OS[B][3H])C1. The number of ether oxygens (including phenoxy) is 1. The standard InChI is InChI=1S/C20H28B2O3S2/c1-18-7-5-16-14(15(18)6-8-20(18)11-23-20)4-3-12-9-13(24-26-21)10-17(25-27-22)19(12,16)2/h3-4,13,15-17,21-22H,5-11H2,1-2H3/t13-,15?,16?,17+,18+,19+,20-/m1/s1/i21T,22T. The molecule has 0 aromatic heterocycles. The fourth-order valence-corrected chi connectivity index (χ4v) is 7.73. The average Bonchev–Trinajstić information content (AvgIpc) is 3.45. The van der Waals surface area contributed by atoms with Crippen molar-refractivity contribution < 1.29 is 13.1 Å². The van der Waals surface area contributed by atoms with E-state index in [0.717, 1.165) is 43.2 Å². The molecule has 27 heavy (non-hydrogen) atoms. The third kappa shape index (κ3) is 2.57. The van der Waals surface area contributed by atoms with Crippen LogP contribution in [0.25, 0.3) is 0 Å². The molecule has 2 radical (unpaired) electrons. The first-order valence-electron chi connectivity index (χ1n) is 11.2. The molecule has 0 bridgehead atoms. The summed E-state index contributed by atoms with van der Waals surface area (Å²) in [5, 5.41) is 0. The van der Waals surface area contributed by atoms with E-state index in [2.05, 4.69) is 26.0 Å². The summed E-state index contributed by atoms with van der Waals surface area (Å²) >= 11 is 2.23.